The van der Waals surface area contributed by atoms with Crippen LogP contribution in [-0.2, 0) is 0 Å². The normalized spacial score (nSPS) is 10.4. The molecule has 0 spiro atoms. The first-order chi connectivity index (χ1) is 11.1. The van der Waals surface area contributed by atoms with Gasteiger partial charge in [-0.3, -0.25) is 0 Å². The van der Waals surface area contributed by atoms with E-state index in [1.807, 2.05) is 56.3 Å². The van der Waals surface area contributed by atoms with Crippen LogP contribution in [0.5, 0.6) is 0 Å². The quantitative estimate of drug-likeness (QED) is 0.695. The number of aromatic nitrogens is 3. The van der Waals surface area contributed by atoms with Crippen molar-refractivity contribution in [2.75, 3.05) is 10.6 Å². The van der Waals surface area contributed by atoms with E-state index < -0.39 is 0 Å². The van der Waals surface area contributed by atoms with E-state index in [1.54, 1.807) is 6.20 Å². The molecule has 3 aromatic rings. The Hall–Kier alpha value is -2.47. The lowest BCUT2D eigenvalue weighted by atomic mass is 10.2. The number of hydrogen-bond acceptors (Lipinski definition) is 5. The molecule has 0 fully saturated rings. The molecule has 1 aromatic heterocycles. The minimum Gasteiger partial charge on any atom is -0.339 e. The third kappa shape index (κ3) is 3.84. The van der Waals surface area contributed by atoms with Gasteiger partial charge in [0.1, 0.15) is 0 Å². The molecule has 0 radical (unpaired) electrons. The SMILES string of the molecule is Cc1ccccc1Nc1cnnc(Nc2ccc(Br)cc2C)n1. The molecule has 5 nitrogen and oxygen atoms in total. The van der Waals surface area contributed by atoms with E-state index >= 15 is 0 Å². The number of aryl methyl sites for hydroxylation is 2. The van der Waals surface area contributed by atoms with Gasteiger partial charge < -0.3 is 10.6 Å². The number of hydrogen-bond donors (Lipinski definition) is 2. The summed E-state index contributed by atoms with van der Waals surface area (Å²) in [6.07, 6.45) is 1.60. The zero-order chi connectivity index (χ0) is 16.2. The molecule has 0 aliphatic carbocycles. The molecule has 6 heteroatoms. The molecule has 116 valence electrons. The van der Waals surface area contributed by atoms with E-state index in [1.165, 1.54) is 0 Å². The molecule has 0 saturated carbocycles. The Labute approximate surface area is 143 Å². The summed E-state index contributed by atoms with van der Waals surface area (Å²) in [5.41, 5.74) is 4.19. The molecule has 3 rings (SSSR count). The van der Waals surface area contributed by atoms with E-state index in [9.17, 15) is 0 Å². The van der Waals surface area contributed by atoms with Gasteiger partial charge in [0.05, 0.1) is 6.20 Å². The second kappa shape index (κ2) is 6.75. The second-order valence-electron chi connectivity index (χ2n) is 5.19. The van der Waals surface area contributed by atoms with E-state index in [-0.39, 0.29) is 0 Å². The maximum Gasteiger partial charge on any atom is 0.249 e. The number of nitrogens with one attached hydrogen (secondary N) is 2. The third-order valence-electron chi connectivity index (χ3n) is 3.40. The fraction of sp³-hybridized carbons (Fsp3) is 0.118. The fourth-order valence-corrected chi connectivity index (χ4v) is 2.63. The van der Waals surface area contributed by atoms with Crippen molar-refractivity contribution in [3.05, 3.63) is 64.3 Å². The van der Waals surface area contributed by atoms with Crippen LogP contribution in [0.2, 0.25) is 0 Å². The zero-order valence-electron chi connectivity index (χ0n) is 12.8. The summed E-state index contributed by atoms with van der Waals surface area (Å²) >= 11 is 3.46. The van der Waals surface area contributed by atoms with Crippen LogP contribution in [0.1, 0.15) is 11.1 Å². The van der Waals surface area contributed by atoms with Crippen LogP contribution < -0.4 is 10.6 Å². The first kappa shape index (κ1) is 15.4. The number of anilines is 4. The maximum absolute atomic E-state index is 4.46. The van der Waals surface area contributed by atoms with E-state index in [0.29, 0.717) is 11.8 Å². The van der Waals surface area contributed by atoms with Crippen LogP contribution in [0, 0.1) is 13.8 Å². The summed E-state index contributed by atoms with van der Waals surface area (Å²) in [7, 11) is 0. The minimum absolute atomic E-state index is 0.453. The van der Waals surface area contributed by atoms with Gasteiger partial charge in [-0.15, -0.1) is 5.10 Å². The molecule has 0 aliphatic heterocycles. The lowest BCUT2D eigenvalue weighted by Crippen LogP contribution is -2.03. The molecule has 0 bridgehead atoms. The van der Waals surface area contributed by atoms with Crippen LogP contribution in [0.3, 0.4) is 0 Å². The van der Waals surface area contributed by atoms with Crippen LogP contribution in [-0.4, -0.2) is 15.2 Å². The summed E-state index contributed by atoms with van der Waals surface area (Å²) in [4.78, 5) is 4.46. The lowest BCUT2D eigenvalue weighted by molar-refractivity contribution is 0.981. The van der Waals surface area contributed by atoms with Crippen LogP contribution >= 0.6 is 15.9 Å². The Balaban J connectivity index is 1.81. The minimum atomic E-state index is 0.453. The average Bonchev–Trinajstić information content (AvgIpc) is 2.53. The van der Waals surface area contributed by atoms with Gasteiger partial charge in [0.15, 0.2) is 5.82 Å². The Bertz CT molecular complexity index is 835. The van der Waals surface area contributed by atoms with E-state index in [4.69, 9.17) is 0 Å². The molecule has 0 saturated heterocycles. The van der Waals surface area contributed by atoms with Crippen LogP contribution in [0.25, 0.3) is 0 Å². The first-order valence-corrected chi connectivity index (χ1v) is 7.97. The molecule has 0 unspecified atom stereocenters. The van der Waals surface area contributed by atoms with E-state index in [2.05, 4.69) is 41.7 Å². The highest BCUT2D eigenvalue weighted by atomic mass is 79.9. The molecule has 2 aromatic carbocycles. The molecule has 0 aliphatic rings. The second-order valence-corrected chi connectivity index (χ2v) is 6.11. The molecule has 0 atom stereocenters. The smallest absolute Gasteiger partial charge is 0.249 e. The van der Waals surface area contributed by atoms with Gasteiger partial charge in [0.25, 0.3) is 0 Å². The summed E-state index contributed by atoms with van der Waals surface area (Å²) in [5.74, 6) is 1.10. The molecule has 0 amide bonds. The first-order valence-electron chi connectivity index (χ1n) is 7.17. The van der Waals surface area contributed by atoms with Gasteiger partial charge in [0.2, 0.25) is 5.95 Å². The molecule has 23 heavy (non-hydrogen) atoms. The lowest BCUT2D eigenvalue weighted by Gasteiger charge is -2.11. The standard InChI is InChI=1S/C17H16BrN5/c1-11-5-3-4-6-14(11)20-16-10-19-23-17(22-16)21-15-8-7-13(18)9-12(15)2/h3-10H,1-2H3,(H2,20,21,22,23). The average molecular weight is 370 g/mol. The van der Waals surface area contributed by atoms with E-state index in [0.717, 1.165) is 27.0 Å². The maximum atomic E-state index is 4.46. The summed E-state index contributed by atoms with van der Waals surface area (Å²) in [5, 5.41) is 14.5. The van der Waals surface area contributed by atoms with Crippen molar-refractivity contribution in [3.63, 3.8) is 0 Å². The Morgan fingerprint density at radius 2 is 1.70 bits per heavy atom. The Morgan fingerprint density at radius 3 is 2.48 bits per heavy atom. The largest absolute Gasteiger partial charge is 0.339 e. The molecular weight excluding hydrogens is 354 g/mol. The number of para-hydroxylation sites is 1. The van der Waals surface area contributed by atoms with Crippen molar-refractivity contribution in [2.45, 2.75) is 13.8 Å². The summed E-state index contributed by atoms with van der Waals surface area (Å²) in [6, 6.07) is 14.0. The number of benzene rings is 2. The van der Waals surface area contributed by atoms with Crippen LogP contribution in [0.15, 0.2) is 53.1 Å². The highest BCUT2D eigenvalue weighted by Crippen LogP contribution is 2.23. The number of rotatable bonds is 4. The van der Waals surface area contributed by atoms with Gasteiger partial charge in [-0.25, -0.2) is 0 Å². The van der Waals surface area contributed by atoms with Crippen molar-refractivity contribution in [2.24, 2.45) is 0 Å². The molecule has 1 heterocycles. The van der Waals surface area contributed by atoms with Gasteiger partial charge in [-0.1, -0.05) is 34.1 Å². The summed E-state index contributed by atoms with van der Waals surface area (Å²) < 4.78 is 1.04. The monoisotopic (exact) mass is 369 g/mol. The van der Waals surface area contributed by atoms with Gasteiger partial charge in [-0.2, -0.15) is 10.1 Å². The summed E-state index contributed by atoms with van der Waals surface area (Å²) in [6.45, 7) is 4.07. The number of halogens is 1. The zero-order valence-corrected chi connectivity index (χ0v) is 14.4. The van der Waals surface area contributed by atoms with Crippen LogP contribution in [0.4, 0.5) is 23.1 Å². The van der Waals surface area contributed by atoms with Crippen molar-refractivity contribution >= 4 is 39.1 Å². The fourth-order valence-electron chi connectivity index (χ4n) is 2.16. The molecular formula is C17H16BrN5. The molecule has 2 N–H and O–H groups in total. The highest BCUT2D eigenvalue weighted by molar-refractivity contribution is 9.10. The Kier molecular flexibility index (Phi) is 4.52. The van der Waals surface area contributed by atoms with Gasteiger partial charge >= 0.3 is 0 Å². The van der Waals surface area contributed by atoms with Gasteiger partial charge in [0, 0.05) is 15.8 Å². The van der Waals surface area contributed by atoms with Crippen molar-refractivity contribution < 1.29 is 0 Å². The van der Waals surface area contributed by atoms with Crippen molar-refractivity contribution in [3.8, 4) is 0 Å². The Morgan fingerprint density at radius 1 is 0.913 bits per heavy atom. The highest BCUT2D eigenvalue weighted by Gasteiger charge is 2.05. The third-order valence-corrected chi connectivity index (χ3v) is 3.89. The predicted molar refractivity (Wildman–Crippen MR) is 96.5 cm³/mol. The predicted octanol–water partition coefficient (Wildman–Crippen LogP) is 4.74. The van der Waals surface area contributed by atoms with Crippen molar-refractivity contribution in [1.29, 1.82) is 0 Å². The van der Waals surface area contributed by atoms with Crippen molar-refractivity contribution in [1.82, 2.24) is 15.2 Å². The van der Waals surface area contributed by atoms with Gasteiger partial charge in [-0.05, 0) is 49.2 Å². The topological polar surface area (TPSA) is 62.7 Å². The number of nitrogens with zero attached hydrogens (tertiary/aromatic N) is 3.